The third-order valence-corrected chi connectivity index (χ3v) is 3.28. The highest BCUT2D eigenvalue weighted by Gasteiger charge is 2.06. The number of rotatable bonds is 5. The van der Waals surface area contributed by atoms with Gasteiger partial charge >= 0.3 is 0 Å². The van der Waals surface area contributed by atoms with Crippen molar-refractivity contribution in [3.05, 3.63) is 0 Å². The van der Waals surface area contributed by atoms with Gasteiger partial charge in [-0.05, 0) is 38.9 Å². The van der Waals surface area contributed by atoms with E-state index in [0.29, 0.717) is 0 Å². The van der Waals surface area contributed by atoms with Gasteiger partial charge in [-0.3, -0.25) is 0 Å². The van der Waals surface area contributed by atoms with Gasteiger partial charge in [-0.15, -0.1) is 0 Å². The molecule has 0 aromatic heterocycles. The van der Waals surface area contributed by atoms with Gasteiger partial charge in [-0.25, -0.2) is 0 Å². The molecule has 1 nitrogen and oxygen atoms in total. The summed E-state index contributed by atoms with van der Waals surface area (Å²) in [5.41, 5.74) is 0. The van der Waals surface area contributed by atoms with Crippen LogP contribution in [0.5, 0.6) is 0 Å². The van der Waals surface area contributed by atoms with Gasteiger partial charge in [-0.1, -0.05) is 45.4 Å². The van der Waals surface area contributed by atoms with Crippen LogP contribution in [-0.2, 0) is 0 Å². The summed E-state index contributed by atoms with van der Waals surface area (Å²) in [4.78, 5) is 2.69. The largest absolute Gasteiger partial charge is 0.303 e. The molecule has 1 rings (SSSR count). The predicted molar refractivity (Wildman–Crippen MR) is 63.7 cm³/mol. The van der Waals surface area contributed by atoms with Gasteiger partial charge in [0, 0.05) is 0 Å². The van der Waals surface area contributed by atoms with Crippen molar-refractivity contribution in [1.29, 1.82) is 0 Å². The zero-order valence-corrected chi connectivity index (χ0v) is 9.93. The average molecular weight is 197 g/mol. The van der Waals surface area contributed by atoms with E-state index in [0.717, 1.165) is 0 Å². The summed E-state index contributed by atoms with van der Waals surface area (Å²) in [6.07, 6.45) is 12.9. The number of unbranched alkanes of at least 4 members (excludes halogenated alkanes) is 3. The fraction of sp³-hybridized carbons (Fsp3) is 1.00. The first kappa shape index (κ1) is 12.0. The van der Waals surface area contributed by atoms with Crippen molar-refractivity contribution < 1.29 is 0 Å². The monoisotopic (exact) mass is 197 g/mol. The van der Waals surface area contributed by atoms with E-state index in [9.17, 15) is 0 Å². The minimum absolute atomic E-state index is 1.36. The molecule has 0 spiro atoms. The topological polar surface area (TPSA) is 3.24 Å². The molecule has 84 valence electrons. The fourth-order valence-corrected chi connectivity index (χ4v) is 2.30. The molecule has 1 heteroatoms. The molecule has 0 saturated carbocycles. The van der Waals surface area contributed by atoms with E-state index in [2.05, 4.69) is 11.8 Å². The van der Waals surface area contributed by atoms with Crippen LogP contribution in [0.3, 0.4) is 0 Å². The minimum atomic E-state index is 1.36. The highest BCUT2D eigenvalue weighted by Crippen LogP contribution is 2.11. The molecule has 0 N–H and O–H groups in total. The van der Waals surface area contributed by atoms with Gasteiger partial charge in [0.2, 0.25) is 0 Å². The lowest BCUT2D eigenvalue weighted by Crippen LogP contribution is -2.28. The highest BCUT2D eigenvalue weighted by molar-refractivity contribution is 4.62. The second kappa shape index (κ2) is 8.28. The smallest absolute Gasteiger partial charge is 0.00187 e. The van der Waals surface area contributed by atoms with Crippen LogP contribution in [0.15, 0.2) is 0 Å². The van der Waals surface area contributed by atoms with Crippen LogP contribution in [0.4, 0.5) is 0 Å². The first-order valence-electron chi connectivity index (χ1n) is 6.66. The summed E-state index contributed by atoms with van der Waals surface area (Å²) in [5, 5.41) is 0. The number of nitrogens with zero attached hydrogens (tertiary/aromatic N) is 1. The Morgan fingerprint density at radius 1 is 0.786 bits per heavy atom. The van der Waals surface area contributed by atoms with Gasteiger partial charge in [0.25, 0.3) is 0 Å². The molecule has 0 aromatic carbocycles. The molecule has 14 heavy (non-hydrogen) atoms. The number of likely N-dealkylation sites (tertiary alicyclic amines) is 1. The first-order chi connectivity index (χ1) is 6.93. The quantitative estimate of drug-likeness (QED) is 0.605. The van der Waals surface area contributed by atoms with Crippen LogP contribution in [0.1, 0.15) is 64.7 Å². The zero-order valence-electron chi connectivity index (χ0n) is 9.93. The summed E-state index contributed by atoms with van der Waals surface area (Å²) in [6, 6.07) is 0. The molecule has 1 fully saturated rings. The standard InChI is InChI=1S/C13H27N/c1-2-3-4-8-11-14-12-9-6-5-7-10-13-14/h2-13H2,1H3. The second-order valence-electron chi connectivity index (χ2n) is 4.67. The molecular weight excluding hydrogens is 170 g/mol. The van der Waals surface area contributed by atoms with E-state index in [1.807, 2.05) is 0 Å². The Labute approximate surface area is 89.9 Å². The Bertz CT molecular complexity index is 114. The summed E-state index contributed by atoms with van der Waals surface area (Å²) in [6.45, 7) is 6.38. The predicted octanol–water partition coefficient (Wildman–Crippen LogP) is 3.83. The maximum absolute atomic E-state index is 2.69. The molecule has 1 aliphatic rings. The fourth-order valence-electron chi connectivity index (χ4n) is 2.30. The normalized spacial score (nSPS) is 20.4. The van der Waals surface area contributed by atoms with Crippen molar-refractivity contribution in [1.82, 2.24) is 4.90 Å². The lowest BCUT2D eigenvalue weighted by atomic mass is 10.1. The van der Waals surface area contributed by atoms with E-state index in [4.69, 9.17) is 0 Å². The van der Waals surface area contributed by atoms with Crippen LogP contribution in [0.2, 0.25) is 0 Å². The Morgan fingerprint density at radius 3 is 2.07 bits per heavy atom. The van der Waals surface area contributed by atoms with Crippen molar-refractivity contribution in [3.63, 3.8) is 0 Å². The van der Waals surface area contributed by atoms with E-state index in [1.165, 1.54) is 77.4 Å². The van der Waals surface area contributed by atoms with E-state index >= 15 is 0 Å². The second-order valence-corrected chi connectivity index (χ2v) is 4.67. The average Bonchev–Trinajstić information content (AvgIpc) is 2.15. The van der Waals surface area contributed by atoms with Gasteiger partial charge in [0.1, 0.15) is 0 Å². The van der Waals surface area contributed by atoms with Crippen LogP contribution >= 0.6 is 0 Å². The van der Waals surface area contributed by atoms with E-state index in [1.54, 1.807) is 0 Å². The van der Waals surface area contributed by atoms with Gasteiger partial charge in [-0.2, -0.15) is 0 Å². The maximum atomic E-state index is 2.69. The first-order valence-corrected chi connectivity index (χ1v) is 6.66. The molecule has 1 saturated heterocycles. The van der Waals surface area contributed by atoms with Crippen molar-refractivity contribution in [2.75, 3.05) is 19.6 Å². The third-order valence-electron chi connectivity index (χ3n) is 3.28. The molecular formula is C13H27N. The lowest BCUT2D eigenvalue weighted by Gasteiger charge is -2.24. The van der Waals surface area contributed by atoms with Gasteiger partial charge in [0.15, 0.2) is 0 Å². The summed E-state index contributed by atoms with van der Waals surface area (Å²) >= 11 is 0. The van der Waals surface area contributed by atoms with Crippen LogP contribution in [-0.4, -0.2) is 24.5 Å². The lowest BCUT2D eigenvalue weighted by molar-refractivity contribution is 0.242. The van der Waals surface area contributed by atoms with Crippen molar-refractivity contribution >= 4 is 0 Å². The minimum Gasteiger partial charge on any atom is -0.303 e. The molecule has 1 aliphatic heterocycles. The molecule has 0 amide bonds. The van der Waals surface area contributed by atoms with Crippen LogP contribution in [0.25, 0.3) is 0 Å². The molecule has 0 aliphatic carbocycles. The molecule has 0 bridgehead atoms. The number of hydrogen-bond donors (Lipinski definition) is 0. The summed E-state index contributed by atoms with van der Waals surface area (Å²) in [5.74, 6) is 0. The van der Waals surface area contributed by atoms with Gasteiger partial charge in [0.05, 0.1) is 0 Å². The SMILES string of the molecule is CCCCCCN1CCCCCCC1. The Hall–Kier alpha value is -0.0400. The molecule has 0 radical (unpaired) electrons. The van der Waals surface area contributed by atoms with Crippen LogP contribution in [0, 0.1) is 0 Å². The van der Waals surface area contributed by atoms with Crippen molar-refractivity contribution in [2.24, 2.45) is 0 Å². The summed E-state index contributed by atoms with van der Waals surface area (Å²) < 4.78 is 0. The molecule has 0 aromatic rings. The summed E-state index contributed by atoms with van der Waals surface area (Å²) in [7, 11) is 0. The third kappa shape index (κ3) is 5.64. The van der Waals surface area contributed by atoms with Crippen molar-refractivity contribution in [3.8, 4) is 0 Å². The maximum Gasteiger partial charge on any atom is -0.00187 e. The highest BCUT2D eigenvalue weighted by atomic mass is 15.1. The van der Waals surface area contributed by atoms with Crippen molar-refractivity contribution in [2.45, 2.75) is 64.7 Å². The Kier molecular flexibility index (Phi) is 7.12. The Morgan fingerprint density at radius 2 is 1.43 bits per heavy atom. The van der Waals surface area contributed by atoms with Crippen LogP contribution < -0.4 is 0 Å². The zero-order chi connectivity index (χ0) is 10.1. The Balaban J connectivity index is 2.02. The van der Waals surface area contributed by atoms with Gasteiger partial charge < -0.3 is 4.90 Å². The molecule has 1 heterocycles. The van der Waals surface area contributed by atoms with E-state index in [-0.39, 0.29) is 0 Å². The van der Waals surface area contributed by atoms with E-state index < -0.39 is 0 Å². The molecule has 0 atom stereocenters. The number of hydrogen-bond acceptors (Lipinski definition) is 1. The molecule has 0 unspecified atom stereocenters.